The second kappa shape index (κ2) is 6.37. The van der Waals surface area contributed by atoms with Crippen molar-refractivity contribution < 1.29 is 17.9 Å². The van der Waals surface area contributed by atoms with E-state index in [1.807, 2.05) is 12.1 Å². The lowest BCUT2D eigenvalue weighted by atomic mass is 9.86. The fourth-order valence-corrected chi connectivity index (χ4v) is 5.70. The number of nitrogens with zero attached hydrogens (tertiary/aromatic N) is 1. The van der Waals surface area contributed by atoms with E-state index in [-0.39, 0.29) is 18.3 Å². The highest BCUT2D eigenvalue weighted by molar-refractivity contribution is 7.88. The van der Waals surface area contributed by atoms with Crippen molar-refractivity contribution in [2.75, 3.05) is 13.1 Å². The van der Waals surface area contributed by atoms with Gasteiger partial charge in [-0.15, -0.1) is 0 Å². The van der Waals surface area contributed by atoms with E-state index < -0.39 is 15.6 Å². The molecule has 0 saturated carbocycles. The number of fused-ring (bicyclic) bond motifs is 2. The third-order valence-corrected chi connectivity index (χ3v) is 7.18. The second-order valence-electron chi connectivity index (χ2n) is 6.71. The third-order valence-electron chi connectivity index (χ3n) is 5.03. The molecule has 0 unspecified atom stereocenters. The summed E-state index contributed by atoms with van der Waals surface area (Å²) in [7, 11) is -3.58. The first-order valence-electron chi connectivity index (χ1n) is 8.45. The molecule has 2 aliphatic heterocycles. The van der Waals surface area contributed by atoms with Crippen LogP contribution >= 0.6 is 11.6 Å². The van der Waals surface area contributed by atoms with Gasteiger partial charge in [-0.2, -0.15) is 4.31 Å². The van der Waals surface area contributed by atoms with Gasteiger partial charge in [0.2, 0.25) is 10.0 Å². The van der Waals surface area contributed by atoms with Crippen molar-refractivity contribution in [3.05, 3.63) is 70.2 Å². The van der Waals surface area contributed by atoms with Crippen molar-refractivity contribution in [2.24, 2.45) is 0 Å². The predicted molar refractivity (Wildman–Crippen MR) is 98.4 cm³/mol. The number of ether oxygens (including phenoxy) is 1. The Morgan fingerprint density at radius 2 is 1.85 bits per heavy atom. The number of esters is 1. The molecular weight excluding hydrogens is 374 g/mol. The van der Waals surface area contributed by atoms with E-state index in [9.17, 15) is 13.2 Å². The summed E-state index contributed by atoms with van der Waals surface area (Å²) in [5.41, 5.74) is 0.984. The quantitative estimate of drug-likeness (QED) is 0.753. The lowest BCUT2D eigenvalue weighted by Gasteiger charge is -2.38. The maximum absolute atomic E-state index is 13.0. The van der Waals surface area contributed by atoms with Crippen LogP contribution in [0.5, 0.6) is 0 Å². The fourth-order valence-electron chi connectivity index (χ4n) is 3.77. The maximum Gasteiger partial charge on any atom is 0.339 e. The predicted octanol–water partition coefficient (Wildman–Crippen LogP) is 3.33. The number of carbonyl (C=O) groups is 1. The average molecular weight is 392 g/mol. The minimum Gasteiger partial charge on any atom is -0.449 e. The lowest BCUT2D eigenvalue weighted by Crippen LogP contribution is -2.49. The normalized spacial score (nSPS) is 23.0. The Morgan fingerprint density at radius 1 is 1.12 bits per heavy atom. The molecule has 2 aromatic rings. The van der Waals surface area contributed by atoms with Gasteiger partial charge in [-0.05, 0) is 30.5 Å². The van der Waals surface area contributed by atoms with Gasteiger partial charge in [-0.3, -0.25) is 0 Å². The minimum absolute atomic E-state index is 0.141. The molecular formula is C19H18ClNO4S. The Bertz CT molecular complexity index is 975. The van der Waals surface area contributed by atoms with Crippen LogP contribution in [0.15, 0.2) is 48.5 Å². The van der Waals surface area contributed by atoms with Gasteiger partial charge in [0, 0.05) is 17.1 Å². The first kappa shape index (κ1) is 17.5. The van der Waals surface area contributed by atoms with E-state index in [0.29, 0.717) is 35.5 Å². The largest absolute Gasteiger partial charge is 0.449 e. The molecule has 7 heteroatoms. The van der Waals surface area contributed by atoms with Crippen LogP contribution in [0.1, 0.15) is 34.3 Å². The Hall–Kier alpha value is -1.89. The smallest absolute Gasteiger partial charge is 0.339 e. The van der Waals surface area contributed by atoms with Gasteiger partial charge in [0.25, 0.3) is 0 Å². The number of hydrogen-bond acceptors (Lipinski definition) is 4. The van der Waals surface area contributed by atoms with Gasteiger partial charge < -0.3 is 4.74 Å². The van der Waals surface area contributed by atoms with Gasteiger partial charge in [-0.1, -0.05) is 48.0 Å². The van der Waals surface area contributed by atoms with Crippen LogP contribution in [0.25, 0.3) is 0 Å². The molecule has 0 bridgehead atoms. The molecule has 1 saturated heterocycles. The van der Waals surface area contributed by atoms with Crippen molar-refractivity contribution >= 4 is 27.6 Å². The van der Waals surface area contributed by atoms with Gasteiger partial charge in [-0.25, -0.2) is 13.2 Å². The molecule has 26 heavy (non-hydrogen) atoms. The number of piperidine rings is 1. The van der Waals surface area contributed by atoms with Crippen LogP contribution in [-0.2, 0) is 26.1 Å². The summed E-state index contributed by atoms with van der Waals surface area (Å²) in [6, 6.07) is 14.1. The van der Waals surface area contributed by atoms with Crippen LogP contribution in [-0.4, -0.2) is 31.8 Å². The number of carbonyl (C=O) groups excluding carboxylic acids is 1. The van der Waals surface area contributed by atoms with E-state index in [0.717, 1.165) is 5.56 Å². The van der Waals surface area contributed by atoms with E-state index >= 15 is 0 Å². The molecule has 1 fully saturated rings. The molecule has 0 aliphatic carbocycles. The van der Waals surface area contributed by atoms with E-state index in [4.69, 9.17) is 16.3 Å². The molecule has 5 nitrogen and oxygen atoms in total. The standard InChI is InChI=1S/C19H18ClNO4S/c20-17-9-4-1-6-14(17)12-26(23,24)21-11-5-10-19(13-21)16-8-3-2-7-15(16)18(22)25-19/h1-4,6-9H,5,10-13H2/t19-/m0/s1. The van der Waals surface area contributed by atoms with Gasteiger partial charge in [0.1, 0.15) is 0 Å². The molecule has 136 valence electrons. The molecule has 0 radical (unpaired) electrons. The van der Waals surface area contributed by atoms with Crippen LogP contribution in [0.2, 0.25) is 5.02 Å². The minimum atomic E-state index is -3.58. The number of sulfonamides is 1. The molecule has 2 heterocycles. The van der Waals surface area contributed by atoms with Crippen molar-refractivity contribution in [3.8, 4) is 0 Å². The molecule has 2 aromatic carbocycles. The van der Waals surface area contributed by atoms with Crippen LogP contribution in [0.3, 0.4) is 0 Å². The summed E-state index contributed by atoms with van der Waals surface area (Å²) in [4.78, 5) is 12.2. The van der Waals surface area contributed by atoms with Gasteiger partial charge >= 0.3 is 5.97 Å². The Morgan fingerprint density at radius 3 is 2.65 bits per heavy atom. The van der Waals surface area contributed by atoms with Crippen molar-refractivity contribution in [3.63, 3.8) is 0 Å². The summed E-state index contributed by atoms with van der Waals surface area (Å²) in [6.45, 7) is 0.552. The average Bonchev–Trinajstić information content (AvgIpc) is 2.89. The highest BCUT2D eigenvalue weighted by Gasteiger charge is 2.49. The summed E-state index contributed by atoms with van der Waals surface area (Å²) in [6.07, 6.45) is 1.25. The van der Waals surface area contributed by atoms with Gasteiger partial charge in [0.15, 0.2) is 5.60 Å². The Balaban J connectivity index is 1.64. The van der Waals surface area contributed by atoms with Crippen molar-refractivity contribution in [2.45, 2.75) is 24.2 Å². The highest BCUT2D eigenvalue weighted by Crippen LogP contribution is 2.43. The van der Waals surface area contributed by atoms with Gasteiger partial charge in [0.05, 0.1) is 17.9 Å². The van der Waals surface area contributed by atoms with E-state index in [1.165, 1.54) is 4.31 Å². The van der Waals surface area contributed by atoms with E-state index in [2.05, 4.69) is 0 Å². The monoisotopic (exact) mass is 391 g/mol. The topological polar surface area (TPSA) is 63.7 Å². The molecule has 0 amide bonds. The molecule has 0 aromatic heterocycles. The number of hydrogen-bond donors (Lipinski definition) is 0. The first-order chi connectivity index (χ1) is 12.4. The molecule has 0 N–H and O–H groups in total. The molecule has 2 aliphatic rings. The maximum atomic E-state index is 13.0. The summed E-state index contributed by atoms with van der Waals surface area (Å²) in [5.74, 6) is -0.552. The van der Waals surface area contributed by atoms with Crippen molar-refractivity contribution in [1.29, 1.82) is 0 Å². The van der Waals surface area contributed by atoms with Crippen LogP contribution in [0.4, 0.5) is 0 Å². The first-order valence-corrected chi connectivity index (χ1v) is 10.4. The number of halogens is 1. The fraction of sp³-hybridized carbons (Fsp3) is 0.316. The molecule has 1 spiro atoms. The number of benzene rings is 2. The zero-order valence-electron chi connectivity index (χ0n) is 14.0. The zero-order valence-corrected chi connectivity index (χ0v) is 15.6. The summed E-state index contributed by atoms with van der Waals surface area (Å²) < 4.78 is 33.0. The Kier molecular flexibility index (Phi) is 4.29. The SMILES string of the molecule is O=C1O[C@]2(CCCN(S(=O)(=O)Cc3ccccc3Cl)C2)c2ccccc21. The number of rotatable bonds is 3. The zero-order chi connectivity index (χ0) is 18.4. The van der Waals surface area contributed by atoms with Crippen molar-refractivity contribution in [1.82, 2.24) is 4.31 Å². The summed E-state index contributed by atoms with van der Waals surface area (Å²) >= 11 is 6.12. The Labute approximate surface area is 157 Å². The van der Waals surface area contributed by atoms with Crippen LogP contribution < -0.4 is 0 Å². The third kappa shape index (κ3) is 2.92. The molecule has 1 atom stereocenters. The lowest BCUT2D eigenvalue weighted by molar-refractivity contribution is -0.0345. The second-order valence-corrected chi connectivity index (χ2v) is 9.09. The van der Waals surface area contributed by atoms with Crippen LogP contribution in [0, 0.1) is 0 Å². The molecule has 4 rings (SSSR count). The summed E-state index contributed by atoms with van der Waals surface area (Å²) in [5, 5.41) is 0.431. The highest BCUT2D eigenvalue weighted by atomic mass is 35.5. The van der Waals surface area contributed by atoms with E-state index in [1.54, 1.807) is 36.4 Å².